The molecular formula is C24H26N4O4S. The highest BCUT2D eigenvalue weighted by molar-refractivity contribution is 7.10. The molecule has 0 saturated carbocycles. The average molecular weight is 467 g/mol. The second kappa shape index (κ2) is 9.68. The number of aryl methyl sites for hydroxylation is 1. The summed E-state index contributed by atoms with van der Waals surface area (Å²) in [6.45, 7) is 3.96. The predicted octanol–water partition coefficient (Wildman–Crippen LogP) is 3.17. The van der Waals surface area contributed by atoms with Gasteiger partial charge in [-0.1, -0.05) is 12.2 Å². The van der Waals surface area contributed by atoms with Crippen molar-refractivity contribution in [2.45, 2.75) is 39.7 Å². The Bertz CT molecular complexity index is 1350. The Morgan fingerprint density at radius 3 is 2.85 bits per heavy atom. The first-order chi connectivity index (χ1) is 15.9. The van der Waals surface area contributed by atoms with Crippen LogP contribution in [0.15, 0.2) is 61.2 Å². The number of allylic oxidation sites excluding steroid dienone is 5. The van der Waals surface area contributed by atoms with Crippen molar-refractivity contribution in [2.24, 2.45) is 12.0 Å². The van der Waals surface area contributed by atoms with E-state index in [1.807, 2.05) is 49.6 Å². The minimum absolute atomic E-state index is 0.103. The molecule has 2 aliphatic rings. The Kier molecular flexibility index (Phi) is 6.71. The number of fused-ring (bicyclic) bond motifs is 1. The second-order valence-electron chi connectivity index (χ2n) is 8.00. The number of aliphatic imine (C=N–C) groups is 1. The second-order valence-corrected chi connectivity index (χ2v) is 8.89. The lowest BCUT2D eigenvalue weighted by Gasteiger charge is -2.21. The van der Waals surface area contributed by atoms with Gasteiger partial charge in [-0.25, -0.2) is 9.78 Å². The van der Waals surface area contributed by atoms with Crippen molar-refractivity contribution in [3.05, 3.63) is 83.7 Å². The van der Waals surface area contributed by atoms with Crippen LogP contribution < -0.4 is 11.2 Å². The predicted molar refractivity (Wildman–Crippen MR) is 130 cm³/mol. The van der Waals surface area contributed by atoms with Crippen LogP contribution >= 0.6 is 11.3 Å². The normalized spacial score (nSPS) is 16.7. The molecule has 0 aromatic carbocycles. The molecule has 0 amide bonds. The van der Waals surface area contributed by atoms with Gasteiger partial charge in [-0.2, -0.15) is 4.99 Å². The molecule has 3 heterocycles. The maximum absolute atomic E-state index is 13.2. The number of nitrogens with zero attached hydrogens (tertiary/aromatic N) is 4. The summed E-state index contributed by atoms with van der Waals surface area (Å²) in [5.41, 5.74) is 2.24. The van der Waals surface area contributed by atoms with Crippen molar-refractivity contribution in [1.29, 1.82) is 0 Å². The summed E-state index contributed by atoms with van der Waals surface area (Å²) in [4.78, 5) is 35.1. The van der Waals surface area contributed by atoms with E-state index < -0.39 is 5.69 Å². The molecule has 0 fully saturated rings. The highest BCUT2D eigenvalue weighted by Gasteiger charge is 2.26. The van der Waals surface area contributed by atoms with Crippen LogP contribution in [-0.4, -0.2) is 31.7 Å². The SMILES string of the molecule is CC1=CC(OC2=Nc3c(c(=O)n(CCCO)c(=O)n3C)C/C2=C/c2nc(C)cs2)=CCC=C1. The van der Waals surface area contributed by atoms with E-state index >= 15 is 0 Å². The van der Waals surface area contributed by atoms with Crippen molar-refractivity contribution in [3.8, 4) is 0 Å². The summed E-state index contributed by atoms with van der Waals surface area (Å²) in [6.07, 6.45) is 11.2. The molecule has 1 N–H and O–H groups in total. The Morgan fingerprint density at radius 1 is 1.30 bits per heavy atom. The Balaban J connectivity index is 1.85. The van der Waals surface area contributed by atoms with Gasteiger partial charge >= 0.3 is 5.69 Å². The monoisotopic (exact) mass is 466 g/mol. The van der Waals surface area contributed by atoms with E-state index in [-0.39, 0.29) is 25.1 Å². The maximum atomic E-state index is 13.2. The van der Waals surface area contributed by atoms with Gasteiger partial charge in [-0.3, -0.25) is 13.9 Å². The molecule has 1 aliphatic carbocycles. The molecule has 8 nitrogen and oxygen atoms in total. The summed E-state index contributed by atoms with van der Waals surface area (Å²) < 4.78 is 8.73. The first-order valence-electron chi connectivity index (χ1n) is 10.8. The van der Waals surface area contributed by atoms with Crippen molar-refractivity contribution >= 4 is 29.1 Å². The molecule has 4 rings (SSSR count). The van der Waals surface area contributed by atoms with Crippen molar-refractivity contribution < 1.29 is 9.84 Å². The third-order valence-corrected chi connectivity index (χ3v) is 6.26. The number of aliphatic hydroxyl groups excluding tert-OH is 1. The third kappa shape index (κ3) is 4.89. The fourth-order valence-corrected chi connectivity index (χ4v) is 4.47. The zero-order valence-corrected chi connectivity index (χ0v) is 19.7. The van der Waals surface area contributed by atoms with Gasteiger partial charge in [0, 0.05) is 43.3 Å². The standard InChI is InChI=1S/C24H26N4O4S/c1-15-7-4-5-8-18(11-15)32-22-17(13-20-25-16(2)14-33-20)12-19-21(26-22)27(3)24(31)28(23(19)30)9-6-10-29/h4,7-8,11,13-14,29H,5-6,9-10,12H2,1-3H3/b17-13-. The van der Waals surface area contributed by atoms with E-state index in [0.717, 1.165) is 27.3 Å². The molecule has 0 atom stereocenters. The molecule has 0 saturated heterocycles. The molecule has 1 aliphatic heterocycles. The van der Waals surface area contributed by atoms with E-state index in [4.69, 9.17) is 9.84 Å². The largest absolute Gasteiger partial charge is 0.439 e. The summed E-state index contributed by atoms with van der Waals surface area (Å²) in [7, 11) is 1.59. The molecule has 0 spiro atoms. The van der Waals surface area contributed by atoms with Gasteiger partial charge in [0.05, 0.1) is 5.56 Å². The number of thiazole rings is 1. The first-order valence-corrected chi connectivity index (χ1v) is 11.6. The van der Waals surface area contributed by atoms with E-state index in [0.29, 0.717) is 35.0 Å². The Labute approximate surface area is 195 Å². The third-order valence-electron chi connectivity index (χ3n) is 5.35. The van der Waals surface area contributed by atoms with Gasteiger partial charge in [0.2, 0.25) is 5.90 Å². The summed E-state index contributed by atoms with van der Waals surface area (Å²) >= 11 is 1.50. The lowest BCUT2D eigenvalue weighted by molar-refractivity contribution is 0.277. The minimum atomic E-state index is -0.466. The van der Waals surface area contributed by atoms with Gasteiger partial charge in [0.15, 0.2) is 0 Å². The van der Waals surface area contributed by atoms with Gasteiger partial charge < -0.3 is 9.84 Å². The molecular weight excluding hydrogens is 440 g/mol. The average Bonchev–Trinajstić information content (AvgIpc) is 3.08. The zero-order valence-electron chi connectivity index (χ0n) is 18.9. The van der Waals surface area contributed by atoms with E-state index in [2.05, 4.69) is 9.98 Å². The van der Waals surface area contributed by atoms with E-state index in [9.17, 15) is 9.59 Å². The molecule has 0 radical (unpaired) electrons. The molecule has 2 aromatic heterocycles. The van der Waals surface area contributed by atoms with Gasteiger partial charge in [0.25, 0.3) is 5.56 Å². The quantitative estimate of drug-likeness (QED) is 0.730. The van der Waals surface area contributed by atoms with Crippen LogP contribution in [0.2, 0.25) is 0 Å². The molecule has 2 aromatic rings. The summed E-state index contributed by atoms with van der Waals surface area (Å²) in [6, 6.07) is 0. The number of hydrogen-bond acceptors (Lipinski definition) is 7. The van der Waals surface area contributed by atoms with Crippen LogP contribution in [0.3, 0.4) is 0 Å². The van der Waals surface area contributed by atoms with Crippen LogP contribution in [0.25, 0.3) is 6.08 Å². The topological polar surface area (TPSA) is 98.7 Å². The maximum Gasteiger partial charge on any atom is 0.332 e. The fraction of sp³-hybridized carbons (Fsp3) is 0.333. The van der Waals surface area contributed by atoms with Crippen LogP contribution in [0.4, 0.5) is 5.82 Å². The minimum Gasteiger partial charge on any atom is -0.439 e. The lowest BCUT2D eigenvalue weighted by Crippen LogP contribution is -2.42. The highest BCUT2D eigenvalue weighted by Crippen LogP contribution is 2.29. The lowest BCUT2D eigenvalue weighted by atomic mass is 10.0. The van der Waals surface area contributed by atoms with E-state index in [1.165, 1.54) is 15.9 Å². The van der Waals surface area contributed by atoms with E-state index in [1.54, 1.807) is 7.05 Å². The molecule has 0 unspecified atom stereocenters. The van der Waals surface area contributed by atoms with Crippen LogP contribution in [0, 0.1) is 6.92 Å². The van der Waals surface area contributed by atoms with Crippen molar-refractivity contribution in [2.75, 3.05) is 6.61 Å². The highest BCUT2D eigenvalue weighted by atomic mass is 32.1. The smallest absolute Gasteiger partial charge is 0.332 e. The zero-order chi connectivity index (χ0) is 23.5. The van der Waals surface area contributed by atoms with Crippen LogP contribution in [-0.2, 0) is 24.8 Å². The number of rotatable bonds is 5. The fourth-order valence-electron chi connectivity index (χ4n) is 3.72. The summed E-state index contributed by atoms with van der Waals surface area (Å²) in [5, 5.41) is 11.9. The van der Waals surface area contributed by atoms with Crippen LogP contribution in [0.1, 0.15) is 36.0 Å². The molecule has 9 heteroatoms. The first kappa shape index (κ1) is 22.9. The number of aliphatic hydroxyl groups is 1. The van der Waals surface area contributed by atoms with Crippen molar-refractivity contribution in [3.63, 3.8) is 0 Å². The van der Waals surface area contributed by atoms with Crippen LogP contribution in [0.5, 0.6) is 0 Å². The van der Waals surface area contributed by atoms with Gasteiger partial charge in [-0.15, -0.1) is 11.3 Å². The Morgan fingerprint density at radius 2 is 2.12 bits per heavy atom. The Hall–Kier alpha value is -3.30. The molecule has 0 bridgehead atoms. The number of aromatic nitrogens is 3. The van der Waals surface area contributed by atoms with Crippen molar-refractivity contribution in [1.82, 2.24) is 14.1 Å². The number of hydrogen-bond donors (Lipinski definition) is 1. The van der Waals surface area contributed by atoms with Gasteiger partial charge in [-0.05, 0) is 50.5 Å². The van der Waals surface area contributed by atoms with Gasteiger partial charge in [0.1, 0.15) is 16.6 Å². The number of ether oxygens (including phenoxy) is 1. The summed E-state index contributed by atoms with van der Waals surface area (Å²) in [5.74, 6) is 1.29. The molecule has 172 valence electrons. The molecule has 33 heavy (non-hydrogen) atoms.